The Bertz CT molecular complexity index is 1570. The lowest BCUT2D eigenvalue weighted by Gasteiger charge is -2.05. The third kappa shape index (κ3) is 2.26. The molecule has 0 saturated carbocycles. The molecule has 0 amide bonds. The Morgan fingerprint density at radius 2 is 1.45 bits per heavy atom. The summed E-state index contributed by atoms with van der Waals surface area (Å²) >= 11 is 0. The molecule has 0 radical (unpaired) electrons. The maximum atomic E-state index is 6.47. The van der Waals surface area contributed by atoms with Crippen LogP contribution in [0.1, 0.15) is 11.3 Å². The van der Waals surface area contributed by atoms with Gasteiger partial charge in [-0.05, 0) is 40.6 Å². The van der Waals surface area contributed by atoms with Crippen molar-refractivity contribution in [2.45, 2.75) is 13.8 Å². The van der Waals surface area contributed by atoms with Gasteiger partial charge in [-0.2, -0.15) is 4.57 Å². The van der Waals surface area contributed by atoms with E-state index in [9.17, 15) is 0 Å². The van der Waals surface area contributed by atoms with Gasteiger partial charge in [-0.15, -0.1) is 0 Å². The fraction of sp³-hybridized carbons (Fsp3) is 0.0741. The van der Waals surface area contributed by atoms with Gasteiger partial charge in [-0.1, -0.05) is 54.6 Å². The first-order valence-electron chi connectivity index (χ1n) is 9.96. The van der Waals surface area contributed by atoms with Crippen LogP contribution >= 0.6 is 0 Å². The van der Waals surface area contributed by atoms with Gasteiger partial charge in [0.05, 0.1) is 0 Å². The average molecular weight is 374 g/mol. The van der Waals surface area contributed by atoms with Crippen LogP contribution in [-0.4, -0.2) is 0 Å². The van der Waals surface area contributed by atoms with Crippen molar-refractivity contribution in [3.8, 4) is 5.69 Å². The van der Waals surface area contributed by atoms with Crippen LogP contribution in [0.4, 0.5) is 0 Å². The van der Waals surface area contributed by atoms with Gasteiger partial charge in [0.2, 0.25) is 5.58 Å². The predicted molar refractivity (Wildman–Crippen MR) is 120 cm³/mol. The second-order valence-corrected chi connectivity index (χ2v) is 7.74. The van der Waals surface area contributed by atoms with Crippen molar-refractivity contribution < 1.29 is 8.98 Å². The molecular formula is C27H20NO+. The Balaban J connectivity index is 1.80. The van der Waals surface area contributed by atoms with Crippen molar-refractivity contribution in [2.24, 2.45) is 0 Å². The van der Waals surface area contributed by atoms with Crippen molar-refractivity contribution in [3.63, 3.8) is 0 Å². The molecule has 0 fully saturated rings. The molecule has 2 heteroatoms. The van der Waals surface area contributed by atoms with Crippen molar-refractivity contribution in [1.29, 1.82) is 0 Å². The zero-order valence-electron chi connectivity index (χ0n) is 16.4. The normalized spacial score (nSPS) is 11.8. The molecule has 0 bridgehead atoms. The number of nitrogens with zero attached hydrogens (tertiary/aromatic N) is 1. The molecule has 0 aliphatic carbocycles. The third-order valence-electron chi connectivity index (χ3n) is 6.01. The molecule has 0 unspecified atom stereocenters. The van der Waals surface area contributed by atoms with E-state index in [1.165, 1.54) is 38.2 Å². The van der Waals surface area contributed by atoms with E-state index in [4.69, 9.17) is 4.42 Å². The van der Waals surface area contributed by atoms with Gasteiger partial charge in [-0.3, -0.25) is 0 Å². The quantitative estimate of drug-likeness (QED) is 0.229. The minimum absolute atomic E-state index is 0.934. The van der Waals surface area contributed by atoms with Gasteiger partial charge in [0.15, 0.2) is 11.9 Å². The molecule has 0 aliphatic rings. The molecular weight excluding hydrogens is 354 g/mol. The van der Waals surface area contributed by atoms with E-state index in [0.717, 1.165) is 22.2 Å². The highest BCUT2D eigenvalue weighted by molar-refractivity contribution is 6.24. The van der Waals surface area contributed by atoms with Gasteiger partial charge < -0.3 is 4.42 Å². The molecule has 138 valence electrons. The van der Waals surface area contributed by atoms with Crippen LogP contribution in [0.25, 0.3) is 49.2 Å². The van der Waals surface area contributed by atoms with Gasteiger partial charge in [0.1, 0.15) is 5.58 Å². The number of furan rings is 1. The van der Waals surface area contributed by atoms with Crippen LogP contribution in [-0.2, 0) is 0 Å². The lowest BCUT2D eigenvalue weighted by atomic mass is 9.98. The summed E-state index contributed by atoms with van der Waals surface area (Å²) in [6, 6.07) is 28.0. The fourth-order valence-corrected chi connectivity index (χ4v) is 4.59. The topological polar surface area (TPSA) is 17.0 Å². The van der Waals surface area contributed by atoms with Crippen LogP contribution in [0, 0.1) is 13.8 Å². The molecule has 2 aromatic heterocycles. The molecule has 29 heavy (non-hydrogen) atoms. The summed E-state index contributed by atoms with van der Waals surface area (Å²) in [5.41, 5.74) is 5.37. The summed E-state index contributed by atoms with van der Waals surface area (Å²) in [5.74, 6) is 0. The summed E-state index contributed by atoms with van der Waals surface area (Å²) in [5, 5.41) is 7.41. The van der Waals surface area contributed by atoms with Crippen LogP contribution in [0.5, 0.6) is 0 Å². The zero-order chi connectivity index (χ0) is 19.5. The molecule has 2 heterocycles. The Morgan fingerprint density at radius 3 is 2.34 bits per heavy atom. The SMILES string of the molecule is Cc1ccc2c(oc3ccc4c5ccccc5ccc4c32)c1-[n+]1ccccc1C. The van der Waals surface area contributed by atoms with E-state index in [1.807, 2.05) is 0 Å². The molecule has 4 aromatic carbocycles. The van der Waals surface area contributed by atoms with Crippen molar-refractivity contribution in [3.05, 3.63) is 96.3 Å². The average Bonchev–Trinajstić information content (AvgIpc) is 3.13. The van der Waals surface area contributed by atoms with Crippen LogP contribution in [0.15, 0.2) is 89.5 Å². The molecule has 6 aromatic rings. The number of pyridine rings is 1. The highest BCUT2D eigenvalue weighted by Crippen LogP contribution is 2.39. The van der Waals surface area contributed by atoms with Crippen molar-refractivity contribution >= 4 is 43.5 Å². The summed E-state index contributed by atoms with van der Waals surface area (Å²) in [6.45, 7) is 4.27. The molecule has 0 spiro atoms. The Labute approximate surface area is 168 Å². The van der Waals surface area contributed by atoms with Gasteiger partial charge >= 0.3 is 0 Å². The fourth-order valence-electron chi connectivity index (χ4n) is 4.59. The van der Waals surface area contributed by atoms with Gasteiger partial charge in [0, 0.05) is 35.4 Å². The third-order valence-corrected chi connectivity index (χ3v) is 6.01. The lowest BCUT2D eigenvalue weighted by Crippen LogP contribution is -2.34. The van der Waals surface area contributed by atoms with E-state index < -0.39 is 0 Å². The van der Waals surface area contributed by atoms with E-state index in [2.05, 4.69) is 103 Å². The Hall–Kier alpha value is -3.65. The molecule has 0 N–H and O–H groups in total. The Kier molecular flexibility index (Phi) is 3.33. The summed E-state index contributed by atoms with van der Waals surface area (Å²) in [7, 11) is 0. The first-order valence-corrected chi connectivity index (χ1v) is 9.96. The Morgan fingerprint density at radius 1 is 0.655 bits per heavy atom. The number of fused-ring (bicyclic) bond motifs is 7. The number of aryl methyl sites for hydroxylation is 2. The highest BCUT2D eigenvalue weighted by atomic mass is 16.3. The van der Waals surface area contributed by atoms with E-state index >= 15 is 0 Å². The van der Waals surface area contributed by atoms with Gasteiger partial charge in [0.25, 0.3) is 5.69 Å². The number of rotatable bonds is 1. The maximum Gasteiger partial charge on any atom is 0.257 e. The molecule has 6 rings (SSSR count). The largest absolute Gasteiger partial charge is 0.449 e. The number of hydrogen-bond donors (Lipinski definition) is 0. The van der Waals surface area contributed by atoms with Gasteiger partial charge in [-0.25, -0.2) is 0 Å². The second-order valence-electron chi connectivity index (χ2n) is 7.74. The molecule has 0 aliphatic heterocycles. The van der Waals surface area contributed by atoms with E-state index in [-0.39, 0.29) is 0 Å². The lowest BCUT2D eigenvalue weighted by molar-refractivity contribution is -0.602. The zero-order valence-corrected chi connectivity index (χ0v) is 16.4. The minimum Gasteiger partial charge on any atom is -0.449 e. The van der Waals surface area contributed by atoms with E-state index in [1.54, 1.807) is 0 Å². The maximum absolute atomic E-state index is 6.47. The summed E-state index contributed by atoms with van der Waals surface area (Å²) < 4.78 is 8.69. The first kappa shape index (κ1) is 16.3. The minimum atomic E-state index is 0.934. The predicted octanol–water partition coefficient (Wildman–Crippen LogP) is 6.79. The second kappa shape index (κ2) is 5.92. The van der Waals surface area contributed by atoms with Crippen molar-refractivity contribution in [2.75, 3.05) is 0 Å². The molecule has 0 atom stereocenters. The molecule has 2 nitrogen and oxygen atoms in total. The number of benzene rings is 4. The highest BCUT2D eigenvalue weighted by Gasteiger charge is 2.22. The number of hydrogen-bond acceptors (Lipinski definition) is 1. The summed E-state index contributed by atoms with van der Waals surface area (Å²) in [6.07, 6.45) is 2.11. The van der Waals surface area contributed by atoms with Crippen LogP contribution < -0.4 is 4.57 Å². The first-order chi connectivity index (χ1) is 14.2. The van der Waals surface area contributed by atoms with Crippen LogP contribution in [0.2, 0.25) is 0 Å². The number of aromatic nitrogens is 1. The monoisotopic (exact) mass is 374 g/mol. The molecule has 0 saturated heterocycles. The standard InChI is InChI=1S/C27H20NO/c1-17-10-12-23-25-22-13-11-19-8-3-4-9-20(19)21(22)14-15-24(25)29-27(23)26(17)28-16-6-5-7-18(28)2/h3-16H,1-2H3/q+1. The smallest absolute Gasteiger partial charge is 0.257 e. The summed E-state index contributed by atoms with van der Waals surface area (Å²) in [4.78, 5) is 0. The van der Waals surface area contributed by atoms with Crippen molar-refractivity contribution in [1.82, 2.24) is 0 Å². The van der Waals surface area contributed by atoms with E-state index in [0.29, 0.717) is 0 Å². The van der Waals surface area contributed by atoms with Crippen LogP contribution in [0.3, 0.4) is 0 Å².